The molecular formula is C91H124F2N22O8. The number of nitrogen functional groups attached to an aromatic ring is 3. The van der Waals surface area contributed by atoms with Gasteiger partial charge in [0.2, 0.25) is 0 Å². The van der Waals surface area contributed by atoms with Gasteiger partial charge in [0.1, 0.15) is 101 Å². The van der Waals surface area contributed by atoms with E-state index >= 15 is 0 Å². The number of aryl methyl sites for hydroxylation is 3. The Balaban J connectivity index is 0.000000137. The van der Waals surface area contributed by atoms with Crippen LogP contribution < -0.4 is 21.9 Å². The number of benzene rings is 3. The van der Waals surface area contributed by atoms with E-state index in [0.717, 1.165) is 140 Å². The second-order valence-corrected chi connectivity index (χ2v) is 38.5. The highest BCUT2D eigenvalue weighted by atomic mass is 19.3. The van der Waals surface area contributed by atoms with Crippen molar-refractivity contribution in [1.29, 1.82) is 0 Å². The lowest BCUT2D eigenvalue weighted by molar-refractivity contribution is -0.158. The Morgan fingerprint density at radius 1 is 0.488 bits per heavy atom. The fourth-order valence-corrected chi connectivity index (χ4v) is 20.1. The zero-order chi connectivity index (χ0) is 87.0. The third-order valence-electron chi connectivity index (χ3n) is 27.4. The standard InChI is InChI=1S/C32H45N7O2.C30H39F2N7O3.C29H40N8O3/c1-18(2)39(16-20-14-26(29(41)28(20)40)38-11-10-23-30(33)34-17-35-31(23)38)22-12-19(13-22)6-9-27-36-24-8-7-21(32(3,4)5)15-25(24)37-27;1-16(2)39(14-18-12-24(27(41)26(18)40)38-9-8-21-28(33)34-15-35-29(21)38)19-10-17(11-19)4-7-25-36-22-6-5-20(13-23(22)37-25)42-30(3,31)32;1-5-36(13-21-24(38)25(39)28(40-21)37-15-33-23-26(30)31-14-32-27(23)37)18-10-16(11-18)6-9-22-34-19-8-7-17(29(2,3)4)12-20(19)35-22/h7-8,10-11,15,17-20,22,26,28-29,40-41H,6,9,12-14,16H2,1-5H3,(H,36,37)(H2,33,34,35);5-6,8-9,13,15-19,24,26-27,40-41H,4,7,10-12,14H2,1-3H3,(H,36,37)(H2,33,34,35);7-8,12,14-16,18,21,24-25,28,38-39H,5-6,9-11,13H2,1-4H3,(H,34,35)(H2,30,31,32)/t19?,20-,22?,26-,28-,29+;17?,18-,19?,24-,26-,27+;16?,18?,21-,24-,25-,28-/m111/s1. The van der Waals surface area contributed by atoms with E-state index in [1.807, 2.05) is 33.7 Å². The van der Waals surface area contributed by atoms with E-state index in [4.69, 9.17) is 31.9 Å². The molecule has 3 aromatic carbocycles. The van der Waals surface area contributed by atoms with Gasteiger partial charge in [-0.1, -0.05) is 60.6 Å². The third-order valence-corrected chi connectivity index (χ3v) is 27.4. The average Bonchev–Trinajstić information content (AvgIpc) is 1.63. The third kappa shape index (κ3) is 18.5. The van der Waals surface area contributed by atoms with Gasteiger partial charge in [-0.15, -0.1) is 0 Å². The maximum absolute atomic E-state index is 13.2. The van der Waals surface area contributed by atoms with Crippen LogP contribution in [0.15, 0.2) is 104 Å². The smallest absolute Gasteiger partial charge is 0.394 e. The van der Waals surface area contributed by atoms with Crippen LogP contribution in [0.2, 0.25) is 0 Å². The molecule has 12 atom stereocenters. The SMILES string of the molecule is CC(C)N(C[C@H]1C[C@@H](n2ccc3c(N)ncnc32)[C@H](O)[C@@H]1O)C1CC(CCc2nc3ccc(C(C)(C)C)cc3[nH]2)C1.CC(C)N(C[C@H]1C[C@@H](n2ccc3c(N)ncnc32)[C@H](O)[C@@H]1O)C1CC(CCc2nc3ccc(OC(C)(F)F)cc3[nH]2)C1.CCN(C[C@H]1O[C@@H](n2cnc3c(N)ncnc32)[C@H](O)[C@@H]1O)C1CC(CCc2nc3ccc(C(C)(C)C)cc3[nH]2)C1. The molecular weight excluding hydrogens is 1570 g/mol. The summed E-state index contributed by atoms with van der Waals surface area (Å²) in [5.74, 6) is 5.98. The summed E-state index contributed by atoms with van der Waals surface area (Å²) in [4.78, 5) is 61.4. The summed E-state index contributed by atoms with van der Waals surface area (Å²) in [6.07, 6.45) is 13.4. The largest absolute Gasteiger partial charge is 0.433 e. The van der Waals surface area contributed by atoms with Crippen LogP contribution in [-0.4, -0.2) is 229 Å². The lowest BCUT2D eigenvalue weighted by Gasteiger charge is -2.46. The zero-order valence-corrected chi connectivity index (χ0v) is 72.7. The number of nitrogens with two attached hydrogens (primary N) is 3. The van der Waals surface area contributed by atoms with Crippen LogP contribution in [0.4, 0.5) is 26.2 Å². The topological polar surface area (TPSA) is 419 Å². The van der Waals surface area contributed by atoms with Crippen LogP contribution in [0.3, 0.4) is 0 Å². The number of ether oxygens (including phenoxy) is 2. The van der Waals surface area contributed by atoms with E-state index < -0.39 is 55.1 Å². The van der Waals surface area contributed by atoms with Crippen molar-refractivity contribution in [3.8, 4) is 5.75 Å². The van der Waals surface area contributed by atoms with Crippen molar-refractivity contribution in [3.05, 3.63) is 133 Å². The van der Waals surface area contributed by atoms with E-state index in [9.17, 15) is 39.4 Å². The van der Waals surface area contributed by atoms with E-state index in [0.29, 0.717) is 114 Å². The maximum Gasteiger partial charge on any atom is 0.394 e. The number of aromatic amines is 3. The first-order valence-electron chi connectivity index (χ1n) is 44.2. The number of anilines is 3. The molecule has 30 nitrogen and oxygen atoms in total. The minimum absolute atomic E-state index is 0.0124. The van der Waals surface area contributed by atoms with Gasteiger partial charge in [0, 0.05) is 106 Å². The van der Waals surface area contributed by atoms with Crippen molar-refractivity contribution in [2.45, 2.75) is 281 Å². The Morgan fingerprint density at radius 2 is 0.911 bits per heavy atom. The van der Waals surface area contributed by atoms with Crippen LogP contribution in [0.25, 0.3) is 66.3 Å². The molecule has 18 rings (SSSR count). The van der Waals surface area contributed by atoms with Gasteiger partial charge in [-0.3, -0.25) is 19.3 Å². The Labute approximate surface area is 715 Å². The summed E-state index contributed by atoms with van der Waals surface area (Å²) >= 11 is 0. The number of aliphatic hydroxyl groups excluding tert-OH is 6. The number of imidazole rings is 4. The number of aliphatic hydroxyl groups is 6. The average molecular weight is 1690 g/mol. The molecule has 12 aromatic rings. The number of nitrogens with zero attached hydrogens (tertiary/aromatic N) is 16. The summed E-state index contributed by atoms with van der Waals surface area (Å²) < 4.78 is 42.8. The number of alkyl halides is 2. The van der Waals surface area contributed by atoms with Crippen LogP contribution >= 0.6 is 0 Å². The van der Waals surface area contributed by atoms with Crippen LogP contribution in [0.5, 0.6) is 5.75 Å². The minimum Gasteiger partial charge on any atom is -0.433 e. The molecule has 5 saturated carbocycles. The fourth-order valence-electron chi connectivity index (χ4n) is 20.1. The number of rotatable bonds is 26. The van der Waals surface area contributed by atoms with Crippen molar-refractivity contribution in [3.63, 3.8) is 0 Å². The number of hydrogen-bond donors (Lipinski definition) is 12. The first-order valence-corrected chi connectivity index (χ1v) is 44.2. The quantitative estimate of drug-likeness (QED) is 0.0239. The molecule has 0 bridgehead atoms. The Morgan fingerprint density at radius 3 is 1.34 bits per heavy atom. The van der Waals surface area contributed by atoms with Gasteiger partial charge < -0.3 is 81.4 Å². The number of H-pyrrole nitrogens is 3. The number of fused-ring (bicyclic) bond motifs is 6. The molecule has 0 radical (unpaired) electrons. The Hall–Kier alpha value is -9.48. The van der Waals surface area contributed by atoms with Crippen LogP contribution in [0.1, 0.15) is 201 Å². The molecule has 15 N–H and O–H groups in total. The van der Waals surface area contributed by atoms with E-state index in [-0.39, 0.29) is 46.3 Å². The highest BCUT2D eigenvalue weighted by molar-refractivity contribution is 5.87. The molecule has 6 aliphatic rings. The number of hydrogen-bond acceptors (Lipinski definition) is 24. The molecule has 660 valence electrons. The number of aromatic nitrogens is 16. The lowest BCUT2D eigenvalue weighted by atomic mass is 9.76. The van der Waals surface area contributed by atoms with Gasteiger partial charge in [0.25, 0.3) is 0 Å². The van der Waals surface area contributed by atoms with Crippen LogP contribution in [-0.2, 0) is 34.8 Å². The summed E-state index contributed by atoms with van der Waals surface area (Å²) in [6.45, 7) is 28.0. The Bertz CT molecular complexity index is 5630. The van der Waals surface area contributed by atoms with Gasteiger partial charge in [0.05, 0.1) is 74.5 Å². The molecule has 1 saturated heterocycles. The van der Waals surface area contributed by atoms with Gasteiger partial charge in [0.15, 0.2) is 17.7 Å². The molecule has 9 aromatic heterocycles. The van der Waals surface area contributed by atoms with Crippen molar-refractivity contribution in [2.24, 2.45) is 29.6 Å². The summed E-state index contributed by atoms with van der Waals surface area (Å²) in [5, 5.41) is 67.4. The molecule has 0 spiro atoms. The minimum atomic E-state index is -3.24. The predicted molar refractivity (Wildman–Crippen MR) is 470 cm³/mol. The zero-order valence-electron chi connectivity index (χ0n) is 72.7. The van der Waals surface area contributed by atoms with Crippen molar-refractivity contribution < 1.29 is 48.9 Å². The molecule has 10 heterocycles. The van der Waals surface area contributed by atoms with Crippen molar-refractivity contribution in [2.75, 3.05) is 43.4 Å². The summed E-state index contributed by atoms with van der Waals surface area (Å²) in [6, 6.07) is 23.1. The van der Waals surface area contributed by atoms with Crippen LogP contribution in [0, 0.1) is 29.6 Å². The second-order valence-electron chi connectivity index (χ2n) is 38.5. The molecule has 6 fully saturated rings. The molecule has 123 heavy (non-hydrogen) atoms. The van der Waals surface area contributed by atoms with E-state index in [1.165, 1.54) is 55.3 Å². The van der Waals surface area contributed by atoms with Crippen molar-refractivity contribution >= 4 is 83.8 Å². The monoisotopic (exact) mass is 1690 g/mol. The predicted octanol–water partition coefficient (Wildman–Crippen LogP) is 11.8. The Kier molecular flexibility index (Phi) is 24.9. The highest BCUT2D eigenvalue weighted by Gasteiger charge is 2.50. The van der Waals surface area contributed by atoms with Gasteiger partial charge in [-0.25, -0.2) is 49.8 Å². The summed E-state index contributed by atoms with van der Waals surface area (Å²) in [5.41, 5.74) is 28.8. The number of nitrogens with one attached hydrogen (secondary N) is 3. The summed E-state index contributed by atoms with van der Waals surface area (Å²) in [7, 11) is 0. The second kappa shape index (κ2) is 35.2. The molecule has 0 unspecified atom stereocenters. The van der Waals surface area contributed by atoms with E-state index in [1.54, 1.807) is 16.7 Å². The van der Waals surface area contributed by atoms with Gasteiger partial charge in [-0.05, 0) is 193 Å². The van der Waals surface area contributed by atoms with Gasteiger partial charge >= 0.3 is 6.11 Å². The first kappa shape index (κ1) is 87.0. The molecule has 32 heteroatoms. The first-order chi connectivity index (χ1) is 58.6. The normalized spacial score (nSPS) is 26.9. The van der Waals surface area contributed by atoms with Crippen molar-refractivity contribution in [1.82, 2.24) is 93.2 Å². The van der Waals surface area contributed by atoms with Gasteiger partial charge in [-0.2, -0.15) is 8.78 Å². The maximum atomic E-state index is 13.2. The highest BCUT2D eigenvalue weighted by Crippen LogP contribution is 2.46. The number of halogens is 2. The molecule has 5 aliphatic carbocycles. The molecule has 0 amide bonds. The van der Waals surface area contributed by atoms with E-state index in [2.05, 4.69) is 187 Å². The number of likely N-dealkylation sites (N-methyl/N-ethyl adjacent to an activating group) is 1. The lowest BCUT2D eigenvalue weighted by Crippen LogP contribution is -2.51. The molecule has 1 aliphatic heterocycles. The fraction of sp³-hybridized carbons (Fsp3) is 0.582.